The summed E-state index contributed by atoms with van der Waals surface area (Å²) in [6.45, 7) is 0. The molecule has 0 saturated carbocycles. The van der Waals surface area contributed by atoms with Crippen LogP contribution in [0.15, 0.2) is 33.5 Å². The van der Waals surface area contributed by atoms with Crippen LogP contribution in [-0.2, 0) is 4.74 Å². The van der Waals surface area contributed by atoms with Crippen molar-refractivity contribution in [2.24, 2.45) is 0 Å². The van der Waals surface area contributed by atoms with Crippen LogP contribution in [0.5, 0.6) is 0 Å². The van der Waals surface area contributed by atoms with Gasteiger partial charge in [0.1, 0.15) is 5.82 Å². The molecule has 0 saturated heterocycles. The van der Waals surface area contributed by atoms with E-state index in [-0.39, 0.29) is 11.5 Å². The van der Waals surface area contributed by atoms with Crippen LogP contribution in [0.25, 0.3) is 11.3 Å². The van der Waals surface area contributed by atoms with Gasteiger partial charge in [0.15, 0.2) is 11.5 Å². The lowest BCUT2D eigenvalue weighted by atomic mass is 10.1. The van der Waals surface area contributed by atoms with Gasteiger partial charge < -0.3 is 9.15 Å². The van der Waals surface area contributed by atoms with Crippen molar-refractivity contribution < 1.29 is 18.3 Å². The van der Waals surface area contributed by atoms with E-state index in [4.69, 9.17) is 4.42 Å². The van der Waals surface area contributed by atoms with E-state index >= 15 is 0 Å². The maximum Gasteiger partial charge on any atom is 0.417 e. The van der Waals surface area contributed by atoms with Crippen molar-refractivity contribution in [1.29, 1.82) is 0 Å². The van der Waals surface area contributed by atoms with Gasteiger partial charge in [0, 0.05) is 5.56 Å². The number of esters is 1. The third-order valence-electron chi connectivity index (χ3n) is 2.14. The molecule has 1 aromatic heterocycles. The zero-order valence-electron chi connectivity index (χ0n) is 8.82. The zero-order valence-corrected chi connectivity index (χ0v) is 8.82. The second-order valence-electron chi connectivity index (χ2n) is 3.22. The number of H-pyrrole nitrogens is 1. The third kappa shape index (κ3) is 2.10. The maximum absolute atomic E-state index is 12.7. The first-order valence-electron chi connectivity index (χ1n) is 4.69. The molecule has 0 fully saturated rings. The molecular weight excluding hydrogens is 229 g/mol. The first-order chi connectivity index (χ1) is 8.11. The van der Waals surface area contributed by atoms with E-state index in [1.165, 1.54) is 31.4 Å². The van der Waals surface area contributed by atoms with E-state index in [0.29, 0.717) is 5.56 Å². The van der Waals surface area contributed by atoms with Crippen molar-refractivity contribution >= 4 is 5.97 Å². The lowest BCUT2D eigenvalue weighted by Crippen LogP contribution is -2.06. The van der Waals surface area contributed by atoms with Gasteiger partial charge in [-0.05, 0) is 24.3 Å². The summed E-state index contributed by atoms with van der Waals surface area (Å²) in [5.74, 6) is -1.90. The van der Waals surface area contributed by atoms with Crippen LogP contribution in [0.1, 0.15) is 10.5 Å². The normalized spacial score (nSPS) is 10.2. The van der Waals surface area contributed by atoms with E-state index in [1.807, 2.05) is 0 Å². The Bertz CT molecular complexity index is 597. The number of methoxy groups -OCH3 is 1. The minimum atomic E-state index is -0.773. The van der Waals surface area contributed by atoms with E-state index in [1.54, 1.807) is 0 Å². The molecular formula is C11H8FNO4. The van der Waals surface area contributed by atoms with Crippen LogP contribution >= 0.6 is 0 Å². The third-order valence-corrected chi connectivity index (χ3v) is 2.14. The molecule has 1 heterocycles. The molecule has 2 aromatic rings. The van der Waals surface area contributed by atoms with Gasteiger partial charge in [0.2, 0.25) is 0 Å². The van der Waals surface area contributed by atoms with Crippen LogP contribution in [0, 0.1) is 5.82 Å². The number of nitrogens with one attached hydrogen (secondary N) is 1. The molecule has 0 radical (unpaired) electrons. The summed E-state index contributed by atoms with van der Waals surface area (Å²) < 4.78 is 22.1. The van der Waals surface area contributed by atoms with Gasteiger partial charge in [0.25, 0.3) is 0 Å². The minimum Gasteiger partial charge on any atom is -0.464 e. The summed E-state index contributed by atoms with van der Waals surface area (Å²) in [5.41, 5.74) is 0.314. The van der Waals surface area contributed by atoms with E-state index in [2.05, 4.69) is 9.72 Å². The number of hydrogen-bond acceptors (Lipinski definition) is 4. The maximum atomic E-state index is 12.7. The summed E-state index contributed by atoms with van der Waals surface area (Å²) >= 11 is 0. The fourth-order valence-corrected chi connectivity index (χ4v) is 1.38. The van der Waals surface area contributed by atoms with Crippen molar-refractivity contribution in [1.82, 2.24) is 4.98 Å². The Hall–Kier alpha value is -2.37. The molecule has 0 aliphatic rings. The number of hydrogen-bond donors (Lipinski definition) is 1. The summed E-state index contributed by atoms with van der Waals surface area (Å²) in [5, 5.41) is 0. The lowest BCUT2D eigenvalue weighted by molar-refractivity contribution is 0.0595. The lowest BCUT2D eigenvalue weighted by Gasteiger charge is -1.99. The number of aromatic amines is 1. The molecule has 0 amide bonds. The summed E-state index contributed by atoms with van der Waals surface area (Å²) in [6.07, 6.45) is 0. The Morgan fingerprint density at radius 2 is 2.00 bits per heavy atom. The number of carbonyl (C=O) groups excluding carboxylic acids is 1. The number of ether oxygens (including phenoxy) is 1. The van der Waals surface area contributed by atoms with Gasteiger partial charge in [-0.1, -0.05) is 0 Å². The molecule has 6 heteroatoms. The Morgan fingerprint density at radius 1 is 1.35 bits per heavy atom. The number of benzene rings is 1. The van der Waals surface area contributed by atoms with Crippen molar-refractivity contribution in [2.45, 2.75) is 0 Å². The van der Waals surface area contributed by atoms with Gasteiger partial charge in [0.05, 0.1) is 7.11 Å². The molecule has 0 aliphatic carbocycles. The molecule has 0 bridgehead atoms. The van der Waals surface area contributed by atoms with E-state index in [0.717, 1.165) is 0 Å². The van der Waals surface area contributed by atoms with Gasteiger partial charge in [-0.15, -0.1) is 0 Å². The van der Waals surface area contributed by atoms with Crippen molar-refractivity contribution in [2.75, 3.05) is 7.11 Å². The first kappa shape index (κ1) is 11.1. The van der Waals surface area contributed by atoms with Crippen LogP contribution in [-0.4, -0.2) is 18.1 Å². The standard InChI is InChI=1S/C11H8FNO4/c1-16-10(14)8-9(17-11(15)13-8)6-2-4-7(12)5-3-6/h2-5H,1H3,(H,13,15). The first-order valence-corrected chi connectivity index (χ1v) is 4.69. The Labute approximate surface area is 94.8 Å². The van der Waals surface area contributed by atoms with Gasteiger partial charge in [-0.3, -0.25) is 4.98 Å². The zero-order chi connectivity index (χ0) is 12.4. The van der Waals surface area contributed by atoms with Crippen molar-refractivity contribution in [3.63, 3.8) is 0 Å². The summed E-state index contributed by atoms with van der Waals surface area (Å²) in [4.78, 5) is 24.6. The van der Waals surface area contributed by atoms with Crippen molar-refractivity contribution in [3.8, 4) is 11.3 Å². The molecule has 1 N–H and O–H groups in total. The quantitative estimate of drug-likeness (QED) is 0.804. The molecule has 88 valence electrons. The monoisotopic (exact) mass is 237 g/mol. The van der Waals surface area contributed by atoms with Crippen LogP contribution in [0.4, 0.5) is 4.39 Å². The number of oxazole rings is 1. The molecule has 5 nitrogen and oxygen atoms in total. The number of aromatic nitrogens is 1. The molecule has 0 aliphatic heterocycles. The van der Waals surface area contributed by atoms with Gasteiger partial charge >= 0.3 is 11.7 Å². The minimum absolute atomic E-state index is 0.0295. The highest BCUT2D eigenvalue weighted by atomic mass is 19.1. The van der Waals surface area contributed by atoms with Crippen LogP contribution < -0.4 is 5.76 Å². The van der Waals surface area contributed by atoms with E-state index in [9.17, 15) is 14.0 Å². The molecule has 1 aromatic carbocycles. The average Bonchev–Trinajstić information content (AvgIpc) is 2.71. The second kappa shape index (κ2) is 4.25. The molecule has 2 rings (SSSR count). The molecule has 0 atom stereocenters. The predicted octanol–water partition coefficient (Wildman–Crippen LogP) is 1.56. The Morgan fingerprint density at radius 3 is 2.59 bits per heavy atom. The fourth-order valence-electron chi connectivity index (χ4n) is 1.38. The second-order valence-corrected chi connectivity index (χ2v) is 3.22. The van der Waals surface area contributed by atoms with Crippen LogP contribution in [0.2, 0.25) is 0 Å². The summed E-state index contributed by atoms with van der Waals surface area (Å²) in [7, 11) is 1.18. The molecule has 0 unspecified atom stereocenters. The van der Waals surface area contributed by atoms with Gasteiger partial charge in [-0.25, -0.2) is 14.0 Å². The molecule has 17 heavy (non-hydrogen) atoms. The fraction of sp³-hybridized carbons (Fsp3) is 0.0909. The highest BCUT2D eigenvalue weighted by Crippen LogP contribution is 2.22. The smallest absolute Gasteiger partial charge is 0.417 e. The predicted molar refractivity (Wildman–Crippen MR) is 56.1 cm³/mol. The number of carbonyl (C=O) groups is 1. The number of halogens is 1. The number of rotatable bonds is 2. The van der Waals surface area contributed by atoms with Crippen LogP contribution in [0.3, 0.4) is 0 Å². The van der Waals surface area contributed by atoms with E-state index < -0.39 is 17.5 Å². The average molecular weight is 237 g/mol. The Kier molecular flexibility index (Phi) is 2.78. The highest BCUT2D eigenvalue weighted by Gasteiger charge is 2.19. The summed E-state index contributed by atoms with van der Waals surface area (Å²) in [6, 6.07) is 5.19. The topological polar surface area (TPSA) is 72.3 Å². The highest BCUT2D eigenvalue weighted by molar-refractivity contribution is 5.93. The van der Waals surface area contributed by atoms with Gasteiger partial charge in [-0.2, -0.15) is 0 Å². The SMILES string of the molecule is COC(=O)c1[nH]c(=O)oc1-c1ccc(F)cc1. The molecule has 0 spiro atoms. The Balaban J connectivity index is 2.55. The van der Waals surface area contributed by atoms with Crippen molar-refractivity contribution in [3.05, 3.63) is 46.3 Å². The largest absolute Gasteiger partial charge is 0.464 e.